The molecule has 0 radical (unpaired) electrons. The summed E-state index contributed by atoms with van der Waals surface area (Å²) in [5.74, 6) is -2.81. The lowest BCUT2D eigenvalue weighted by Gasteiger charge is -2.10. The number of alkyl halides is 3. The predicted octanol–water partition coefficient (Wildman–Crippen LogP) is 1.32. The van der Waals surface area contributed by atoms with Gasteiger partial charge in [-0.1, -0.05) is 15.9 Å². The number of hydrogen-bond acceptors (Lipinski definition) is 1. The van der Waals surface area contributed by atoms with E-state index in [9.17, 15) is 8.78 Å². The molecule has 0 rings (SSSR count). The second kappa shape index (κ2) is 2.05. The fourth-order valence-corrected chi connectivity index (χ4v) is 0. The molecule has 2 N–H and O–H groups in total. The summed E-state index contributed by atoms with van der Waals surface area (Å²) in [5.41, 5.74) is 4.74. The van der Waals surface area contributed by atoms with Crippen molar-refractivity contribution in [3.63, 3.8) is 0 Å². The molecule has 0 saturated carbocycles. The molecule has 0 amide bonds. The number of halogens is 3. The molecular weight excluding hydrogens is 168 g/mol. The van der Waals surface area contributed by atoms with Crippen LogP contribution in [0.4, 0.5) is 8.78 Å². The van der Waals surface area contributed by atoms with Crippen molar-refractivity contribution >= 4 is 15.9 Å². The lowest BCUT2D eigenvalue weighted by Crippen LogP contribution is -2.32. The van der Waals surface area contributed by atoms with Crippen LogP contribution in [0.15, 0.2) is 0 Å². The topological polar surface area (TPSA) is 26.0 Å². The van der Waals surface area contributed by atoms with Crippen molar-refractivity contribution in [2.45, 2.75) is 17.8 Å². The van der Waals surface area contributed by atoms with Gasteiger partial charge in [-0.3, -0.25) is 0 Å². The van der Waals surface area contributed by atoms with Gasteiger partial charge in [0.25, 0.3) is 5.92 Å². The van der Waals surface area contributed by atoms with E-state index in [0.717, 1.165) is 6.92 Å². The van der Waals surface area contributed by atoms with Gasteiger partial charge < -0.3 is 5.73 Å². The molecule has 0 aromatic rings. The van der Waals surface area contributed by atoms with Crippen LogP contribution in [-0.4, -0.2) is 10.9 Å². The summed E-state index contributed by atoms with van der Waals surface area (Å²) >= 11 is 2.52. The van der Waals surface area contributed by atoms with Gasteiger partial charge in [0.1, 0.15) is 4.95 Å². The third kappa shape index (κ3) is 2.93. The third-order valence-electron chi connectivity index (χ3n) is 0.484. The molecule has 44 valence electrons. The van der Waals surface area contributed by atoms with Gasteiger partial charge in [0, 0.05) is 6.92 Å². The van der Waals surface area contributed by atoms with Crippen molar-refractivity contribution in [1.82, 2.24) is 0 Å². The highest BCUT2D eigenvalue weighted by molar-refractivity contribution is 9.09. The fraction of sp³-hybridized carbons (Fsp3) is 1.00. The number of hydrogen-bond donors (Lipinski definition) is 1. The van der Waals surface area contributed by atoms with Crippen LogP contribution < -0.4 is 5.73 Å². The Morgan fingerprint density at radius 1 is 1.71 bits per heavy atom. The summed E-state index contributed by atoms with van der Waals surface area (Å²) in [6.45, 7) is 0.756. The molecular formula is C3H6BrF2N. The summed E-state index contributed by atoms with van der Waals surface area (Å²) < 4.78 is 23.3. The van der Waals surface area contributed by atoms with Gasteiger partial charge in [0.15, 0.2) is 0 Å². The van der Waals surface area contributed by atoms with E-state index in [2.05, 4.69) is 15.9 Å². The summed E-state index contributed by atoms with van der Waals surface area (Å²) in [7, 11) is 0. The van der Waals surface area contributed by atoms with Gasteiger partial charge in [-0.2, -0.15) is 0 Å². The molecule has 0 saturated heterocycles. The number of nitrogens with two attached hydrogens (primary N) is 1. The first-order chi connectivity index (χ1) is 2.94. The lowest BCUT2D eigenvalue weighted by molar-refractivity contribution is 0.0232. The summed E-state index contributed by atoms with van der Waals surface area (Å²) in [6.07, 6.45) is 0. The Bertz CT molecular complexity index is 58.4. The minimum absolute atomic E-state index is 0.756. The van der Waals surface area contributed by atoms with E-state index in [4.69, 9.17) is 5.73 Å². The van der Waals surface area contributed by atoms with E-state index >= 15 is 0 Å². The molecule has 0 fully saturated rings. The summed E-state index contributed by atoms with van der Waals surface area (Å²) in [6, 6.07) is 0. The first kappa shape index (κ1) is 7.30. The molecule has 0 aliphatic rings. The zero-order valence-electron chi connectivity index (χ0n) is 3.79. The second-order valence-corrected chi connectivity index (χ2v) is 2.34. The van der Waals surface area contributed by atoms with E-state index in [1.165, 1.54) is 0 Å². The Labute approximate surface area is 49.0 Å². The van der Waals surface area contributed by atoms with Crippen molar-refractivity contribution in [3.8, 4) is 0 Å². The van der Waals surface area contributed by atoms with E-state index < -0.39 is 10.9 Å². The van der Waals surface area contributed by atoms with Gasteiger partial charge in [0.05, 0.1) is 0 Å². The van der Waals surface area contributed by atoms with Crippen LogP contribution in [0.1, 0.15) is 6.92 Å². The van der Waals surface area contributed by atoms with Crippen molar-refractivity contribution in [1.29, 1.82) is 0 Å². The van der Waals surface area contributed by atoms with E-state index in [1.54, 1.807) is 0 Å². The Balaban J connectivity index is 3.54. The maximum Gasteiger partial charge on any atom is 0.269 e. The minimum atomic E-state index is -2.81. The summed E-state index contributed by atoms with van der Waals surface area (Å²) in [5, 5.41) is 0. The van der Waals surface area contributed by atoms with Crippen LogP contribution in [0.25, 0.3) is 0 Å². The molecule has 0 aromatic carbocycles. The Morgan fingerprint density at radius 3 is 1.86 bits per heavy atom. The zero-order chi connectivity index (χ0) is 6.08. The van der Waals surface area contributed by atoms with Crippen molar-refractivity contribution in [2.75, 3.05) is 0 Å². The normalized spacial score (nSPS) is 16.7. The summed E-state index contributed by atoms with van der Waals surface area (Å²) in [4.78, 5) is -1.22. The van der Waals surface area contributed by atoms with Gasteiger partial charge >= 0.3 is 0 Å². The zero-order valence-corrected chi connectivity index (χ0v) is 5.37. The molecule has 0 bridgehead atoms. The van der Waals surface area contributed by atoms with Crippen LogP contribution in [0.3, 0.4) is 0 Å². The maximum atomic E-state index is 11.7. The minimum Gasteiger partial charge on any atom is -0.314 e. The molecule has 4 heteroatoms. The van der Waals surface area contributed by atoms with Gasteiger partial charge in [-0.25, -0.2) is 8.78 Å². The monoisotopic (exact) mass is 173 g/mol. The molecule has 0 aliphatic carbocycles. The maximum absolute atomic E-state index is 11.7. The molecule has 7 heavy (non-hydrogen) atoms. The highest BCUT2D eigenvalue weighted by Gasteiger charge is 2.27. The molecule has 0 aliphatic heterocycles. The van der Waals surface area contributed by atoms with E-state index in [0.29, 0.717) is 0 Å². The SMILES string of the molecule is CC(F)(F)C(N)Br. The van der Waals surface area contributed by atoms with Gasteiger partial charge in [0.2, 0.25) is 0 Å². The standard InChI is InChI=1S/C3H6BrF2N/c1-3(5,6)2(4)7/h2H,7H2,1H3. The van der Waals surface area contributed by atoms with Crippen molar-refractivity contribution in [2.24, 2.45) is 5.73 Å². The second-order valence-electron chi connectivity index (χ2n) is 1.36. The Hall–Kier alpha value is 0.300. The Kier molecular flexibility index (Phi) is 2.13. The van der Waals surface area contributed by atoms with Crippen LogP contribution >= 0.6 is 15.9 Å². The fourth-order valence-electron chi connectivity index (χ4n) is 0. The molecule has 0 spiro atoms. The van der Waals surface area contributed by atoms with Gasteiger partial charge in [-0.15, -0.1) is 0 Å². The van der Waals surface area contributed by atoms with Crippen molar-refractivity contribution < 1.29 is 8.78 Å². The average Bonchev–Trinajstić information content (AvgIpc) is 1.31. The van der Waals surface area contributed by atoms with E-state index in [-0.39, 0.29) is 0 Å². The molecule has 1 atom stereocenters. The van der Waals surface area contributed by atoms with Crippen LogP contribution in [0.2, 0.25) is 0 Å². The molecule has 0 aromatic heterocycles. The third-order valence-corrected chi connectivity index (χ3v) is 1.29. The van der Waals surface area contributed by atoms with Crippen LogP contribution in [0.5, 0.6) is 0 Å². The quantitative estimate of drug-likeness (QED) is 0.470. The van der Waals surface area contributed by atoms with E-state index in [1.807, 2.05) is 0 Å². The molecule has 1 nitrogen and oxygen atoms in total. The Morgan fingerprint density at radius 2 is 1.86 bits per heavy atom. The highest BCUT2D eigenvalue weighted by Crippen LogP contribution is 2.18. The van der Waals surface area contributed by atoms with Crippen LogP contribution in [0, 0.1) is 0 Å². The highest BCUT2D eigenvalue weighted by atomic mass is 79.9. The lowest BCUT2D eigenvalue weighted by atomic mass is 10.4. The number of rotatable bonds is 1. The van der Waals surface area contributed by atoms with Gasteiger partial charge in [-0.05, 0) is 0 Å². The first-order valence-electron chi connectivity index (χ1n) is 1.72. The first-order valence-corrected chi connectivity index (χ1v) is 2.63. The predicted molar refractivity (Wildman–Crippen MR) is 27.5 cm³/mol. The molecule has 1 unspecified atom stereocenters. The smallest absolute Gasteiger partial charge is 0.269 e. The largest absolute Gasteiger partial charge is 0.314 e. The van der Waals surface area contributed by atoms with Crippen LogP contribution in [-0.2, 0) is 0 Å². The average molecular weight is 174 g/mol. The molecule has 0 heterocycles. The van der Waals surface area contributed by atoms with Crippen molar-refractivity contribution in [3.05, 3.63) is 0 Å².